The molecule has 8 nitrogen and oxygen atoms in total. The van der Waals surface area contributed by atoms with Crippen LogP contribution in [0.4, 0.5) is 0 Å². The highest BCUT2D eigenvalue weighted by Gasteiger charge is 2.26. The number of benzene rings is 2. The van der Waals surface area contributed by atoms with Gasteiger partial charge in [-0.05, 0) is 30.5 Å². The minimum absolute atomic E-state index is 0.144. The number of carbonyl (C=O) groups excluding carboxylic acids is 2. The first kappa shape index (κ1) is 26.0. The Labute approximate surface area is 195 Å². The number of aliphatic carboxylic acids is 1. The second kappa shape index (κ2) is 14.8. The Bertz CT molecular complexity index is 802. The van der Waals surface area contributed by atoms with Gasteiger partial charge in [0.25, 0.3) is 0 Å². The Morgan fingerprint density at radius 3 is 1.67 bits per heavy atom. The Kier molecular flexibility index (Phi) is 11.6. The van der Waals surface area contributed by atoms with Gasteiger partial charge in [-0.1, -0.05) is 60.7 Å². The van der Waals surface area contributed by atoms with E-state index in [1.807, 2.05) is 60.7 Å². The zero-order valence-corrected chi connectivity index (χ0v) is 18.9. The lowest BCUT2D eigenvalue weighted by molar-refractivity contribution is -0.144. The van der Waals surface area contributed by atoms with Crippen molar-refractivity contribution in [3.8, 4) is 0 Å². The molecule has 2 aromatic rings. The molecule has 0 aliphatic rings. The predicted octanol–water partition coefficient (Wildman–Crippen LogP) is 1.89. The van der Waals surface area contributed by atoms with E-state index in [1.165, 1.54) is 0 Å². The molecule has 1 atom stereocenters. The third-order valence-corrected chi connectivity index (χ3v) is 5.32. The summed E-state index contributed by atoms with van der Waals surface area (Å²) in [5.74, 6) is -1.31. The average Bonchev–Trinajstić information content (AvgIpc) is 2.83. The minimum Gasteiger partial charge on any atom is -0.480 e. The summed E-state index contributed by atoms with van der Waals surface area (Å²) in [6.07, 6.45) is 1.20. The van der Waals surface area contributed by atoms with Crippen molar-refractivity contribution < 1.29 is 19.5 Å². The summed E-state index contributed by atoms with van der Waals surface area (Å²) in [5, 5.41) is 15.4. The van der Waals surface area contributed by atoms with Crippen LogP contribution in [0.5, 0.6) is 0 Å². The maximum Gasteiger partial charge on any atom is 0.320 e. The van der Waals surface area contributed by atoms with Gasteiger partial charge < -0.3 is 21.5 Å². The van der Waals surface area contributed by atoms with Crippen molar-refractivity contribution in [3.05, 3.63) is 71.8 Å². The molecule has 0 bridgehead atoms. The molecule has 0 aliphatic carbocycles. The zero-order chi connectivity index (χ0) is 23.9. The number of carboxylic acid groups (broad SMARTS) is 1. The number of nitrogens with two attached hydrogens (primary N) is 1. The summed E-state index contributed by atoms with van der Waals surface area (Å²) in [5.41, 5.74) is 7.55. The molecule has 178 valence electrons. The summed E-state index contributed by atoms with van der Waals surface area (Å²) in [4.78, 5) is 38.3. The molecule has 0 heterocycles. The first-order valence-electron chi connectivity index (χ1n) is 11.3. The van der Waals surface area contributed by atoms with Crippen LogP contribution in [-0.2, 0) is 27.5 Å². The van der Waals surface area contributed by atoms with Gasteiger partial charge >= 0.3 is 5.97 Å². The maximum absolute atomic E-state index is 12.3. The third kappa shape index (κ3) is 10.3. The first-order valence-corrected chi connectivity index (χ1v) is 11.3. The smallest absolute Gasteiger partial charge is 0.320 e. The number of hydrogen-bond acceptors (Lipinski definition) is 5. The third-order valence-electron chi connectivity index (χ3n) is 5.32. The molecule has 0 aromatic heterocycles. The fourth-order valence-corrected chi connectivity index (χ4v) is 3.46. The molecule has 0 saturated carbocycles. The number of hydrogen-bond donors (Lipinski definition) is 4. The summed E-state index contributed by atoms with van der Waals surface area (Å²) in [6, 6.07) is 18.3. The Morgan fingerprint density at radius 1 is 0.818 bits per heavy atom. The van der Waals surface area contributed by atoms with Gasteiger partial charge in [-0.3, -0.25) is 19.3 Å². The van der Waals surface area contributed by atoms with Gasteiger partial charge in [0, 0.05) is 39.0 Å². The van der Waals surface area contributed by atoms with Crippen molar-refractivity contribution in [2.45, 2.75) is 44.8 Å². The van der Waals surface area contributed by atoms with Crippen LogP contribution in [0.3, 0.4) is 0 Å². The number of amides is 2. The van der Waals surface area contributed by atoms with Crippen LogP contribution < -0.4 is 16.4 Å². The number of nitrogens with zero attached hydrogens (tertiary/aromatic N) is 1. The van der Waals surface area contributed by atoms with Crippen molar-refractivity contribution >= 4 is 17.8 Å². The molecule has 2 rings (SSSR count). The lowest BCUT2D eigenvalue weighted by Gasteiger charge is -2.28. The van der Waals surface area contributed by atoms with Crippen LogP contribution in [0.25, 0.3) is 0 Å². The molecular formula is C25H34N4O4. The van der Waals surface area contributed by atoms with Crippen molar-refractivity contribution in [3.63, 3.8) is 0 Å². The van der Waals surface area contributed by atoms with E-state index in [0.717, 1.165) is 11.1 Å². The van der Waals surface area contributed by atoms with Gasteiger partial charge in [-0.2, -0.15) is 0 Å². The van der Waals surface area contributed by atoms with Crippen molar-refractivity contribution in [2.24, 2.45) is 5.73 Å². The zero-order valence-electron chi connectivity index (χ0n) is 18.9. The lowest BCUT2D eigenvalue weighted by Crippen LogP contribution is -2.45. The Morgan fingerprint density at radius 2 is 1.27 bits per heavy atom. The van der Waals surface area contributed by atoms with E-state index in [0.29, 0.717) is 32.5 Å². The first-order chi connectivity index (χ1) is 16.0. The van der Waals surface area contributed by atoms with Gasteiger partial charge in [0.05, 0.1) is 0 Å². The molecule has 33 heavy (non-hydrogen) atoms. The van der Waals surface area contributed by atoms with E-state index >= 15 is 0 Å². The monoisotopic (exact) mass is 454 g/mol. The molecule has 0 aliphatic heterocycles. The quantitative estimate of drug-likeness (QED) is 0.326. The highest BCUT2D eigenvalue weighted by molar-refractivity contribution is 5.77. The van der Waals surface area contributed by atoms with Gasteiger partial charge in [0.15, 0.2) is 0 Å². The topological polar surface area (TPSA) is 125 Å². The van der Waals surface area contributed by atoms with Crippen molar-refractivity contribution in [1.29, 1.82) is 0 Å². The highest BCUT2D eigenvalue weighted by Crippen LogP contribution is 2.10. The van der Waals surface area contributed by atoms with E-state index < -0.39 is 12.0 Å². The minimum atomic E-state index is -0.974. The molecule has 5 N–H and O–H groups in total. The Balaban J connectivity index is 1.88. The molecule has 8 heteroatoms. The van der Waals surface area contributed by atoms with Crippen LogP contribution >= 0.6 is 0 Å². The Hall–Kier alpha value is -3.23. The standard InChI is InChI=1S/C25H34N4O4/c26-15-7-12-22(25(32)33)29(16-13-23(30)27-18-20-8-3-1-4-9-20)17-14-24(31)28-19-21-10-5-2-6-11-21/h1-6,8-11,22H,7,12-19,26H2,(H,27,30)(H,28,31)(H,32,33). The summed E-state index contributed by atoms with van der Waals surface area (Å²) >= 11 is 0. The number of rotatable bonds is 15. The fourth-order valence-electron chi connectivity index (χ4n) is 3.46. The van der Waals surface area contributed by atoms with Gasteiger partial charge in [0.1, 0.15) is 6.04 Å². The maximum atomic E-state index is 12.3. The van der Waals surface area contributed by atoms with Crippen molar-refractivity contribution in [2.75, 3.05) is 19.6 Å². The predicted molar refractivity (Wildman–Crippen MR) is 127 cm³/mol. The van der Waals surface area contributed by atoms with Crippen LogP contribution in [0.1, 0.15) is 36.8 Å². The normalized spacial score (nSPS) is 11.7. The van der Waals surface area contributed by atoms with E-state index in [1.54, 1.807) is 4.90 Å². The van der Waals surface area contributed by atoms with E-state index in [2.05, 4.69) is 10.6 Å². The van der Waals surface area contributed by atoms with Crippen molar-refractivity contribution in [1.82, 2.24) is 15.5 Å². The molecular weight excluding hydrogens is 420 g/mol. The second-order valence-corrected chi connectivity index (χ2v) is 7.85. The molecule has 0 saturated heterocycles. The largest absolute Gasteiger partial charge is 0.480 e. The molecule has 2 amide bonds. The second-order valence-electron chi connectivity index (χ2n) is 7.85. The van der Waals surface area contributed by atoms with Crippen LogP contribution in [0, 0.1) is 0 Å². The van der Waals surface area contributed by atoms with Gasteiger partial charge in [-0.15, -0.1) is 0 Å². The average molecular weight is 455 g/mol. The SMILES string of the molecule is NCCCC(C(=O)O)N(CCC(=O)NCc1ccccc1)CCC(=O)NCc1ccccc1. The molecule has 1 unspecified atom stereocenters. The number of carboxylic acids is 1. The molecule has 2 aromatic carbocycles. The molecule has 0 spiro atoms. The fraction of sp³-hybridized carbons (Fsp3) is 0.400. The van der Waals surface area contributed by atoms with Crippen LogP contribution in [-0.4, -0.2) is 53.5 Å². The van der Waals surface area contributed by atoms with E-state index in [4.69, 9.17) is 5.73 Å². The summed E-state index contributed by atoms with van der Waals surface area (Å²) in [6.45, 7) is 1.70. The van der Waals surface area contributed by atoms with Gasteiger partial charge in [-0.25, -0.2) is 0 Å². The summed E-state index contributed by atoms with van der Waals surface area (Å²) in [7, 11) is 0. The molecule has 0 fully saturated rings. The van der Waals surface area contributed by atoms with E-state index in [-0.39, 0.29) is 37.7 Å². The highest BCUT2D eigenvalue weighted by atomic mass is 16.4. The van der Waals surface area contributed by atoms with Gasteiger partial charge in [0.2, 0.25) is 11.8 Å². The van der Waals surface area contributed by atoms with E-state index in [9.17, 15) is 19.5 Å². The van der Waals surface area contributed by atoms with Crippen LogP contribution in [0.2, 0.25) is 0 Å². The van der Waals surface area contributed by atoms with Crippen LogP contribution in [0.15, 0.2) is 60.7 Å². The lowest BCUT2D eigenvalue weighted by atomic mass is 10.1. The molecule has 0 radical (unpaired) electrons. The number of nitrogens with one attached hydrogen (secondary N) is 2. The summed E-state index contributed by atoms with van der Waals surface area (Å²) < 4.78 is 0. The number of carbonyl (C=O) groups is 3.